The molecular formula is C30H24Cl2N2O7. The number of anilines is 2. The van der Waals surface area contributed by atoms with Crippen molar-refractivity contribution in [2.45, 2.75) is 11.7 Å². The number of carbonyl (C=O) groups is 4. The molecule has 6 rings (SSSR count). The van der Waals surface area contributed by atoms with Crippen molar-refractivity contribution < 1.29 is 33.8 Å². The van der Waals surface area contributed by atoms with E-state index in [1.165, 1.54) is 30.3 Å². The Morgan fingerprint density at radius 3 is 2.12 bits per heavy atom. The zero-order valence-electron chi connectivity index (χ0n) is 21.5. The van der Waals surface area contributed by atoms with Gasteiger partial charge in [-0.1, -0.05) is 53.5 Å². The minimum atomic E-state index is -2.42. The number of nitrogens with zero attached hydrogens (tertiary/aromatic N) is 1. The van der Waals surface area contributed by atoms with E-state index in [9.17, 15) is 24.3 Å². The van der Waals surface area contributed by atoms with Crippen LogP contribution in [0.2, 0.25) is 10.0 Å². The quantitative estimate of drug-likeness (QED) is 0.408. The number of nitrogens with one attached hydrogen (secondary N) is 1. The van der Waals surface area contributed by atoms with Crippen molar-refractivity contribution in [1.82, 2.24) is 0 Å². The average molecular weight is 595 g/mol. The molecule has 2 saturated heterocycles. The van der Waals surface area contributed by atoms with Gasteiger partial charge in [-0.15, -0.1) is 0 Å². The van der Waals surface area contributed by atoms with Gasteiger partial charge in [0.15, 0.2) is 0 Å². The molecule has 2 heterocycles. The molecule has 11 heteroatoms. The van der Waals surface area contributed by atoms with Crippen molar-refractivity contribution in [1.29, 1.82) is 0 Å². The fourth-order valence-corrected chi connectivity index (χ4v) is 6.24. The first-order valence-corrected chi connectivity index (χ1v) is 13.8. The van der Waals surface area contributed by atoms with Gasteiger partial charge >= 0.3 is 5.97 Å². The third kappa shape index (κ3) is 4.49. The predicted molar refractivity (Wildman–Crippen MR) is 151 cm³/mol. The van der Waals surface area contributed by atoms with Gasteiger partial charge in [0.1, 0.15) is 5.92 Å². The van der Waals surface area contributed by atoms with Gasteiger partial charge in [0.05, 0.1) is 35.3 Å². The highest BCUT2D eigenvalue weighted by molar-refractivity contribution is 6.42. The van der Waals surface area contributed by atoms with Gasteiger partial charge in [-0.3, -0.25) is 19.2 Å². The lowest BCUT2D eigenvalue weighted by Crippen LogP contribution is -2.52. The summed E-state index contributed by atoms with van der Waals surface area (Å²) in [6.45, 7) is 2.72. The van der Waals surface area contributed by atoms with Crippen molar-refractivity contribution in [3.8, 4) is 0 Å². The summed E-state index contributed by atoms with van der Waals surface area (Å²) in [5, 5.41) is 13.6. The Kier molecular flexibility index (Phi) is 7.07. The summed E-state index contributed by atoms with van der Waals surface area (Å²) >= 11 is 12.4. The second-order valence-electron chi connectivity index (χ2n) is 10.1. The van der Waals surface area contributed by atoms with Gasteiger partial charge in [-0.05, 0) is 42.0 Å². The number of benzene rings is 3. The summed E-state index contributed by atoms with van der Waals surface area (Å²) < 4.78 is 11.6. The summed E-state index contributed by atoms with van der Waals surface area (Å²) in [5.41, 5.74) is -0.646. The number of amides is 1. The molecular weight excluding hydrogens is 571 g/mol. The van der Waals surface area contributed by atoms with Crippen LogP contribution in [0.3, 0.4) is 0 Å². The summed E-state index contributed by atoms with van der Waals surface area (Å²) in [6, 6.07) is 17.6. The predicted octanol–water partition coefficient (Wildman–Crippen LogP) is 4.68. The maximum Gasteiger partial charge on any atom is 0.311 e. The third-order valence-corrected chi connectivity index (χ3v) is 8.62. The van der Waals surface area contributed by atoms with E-state index < -0.39 is 47.0 Å². The van der Waals surface area contributed by atoms with E-state index in [4.69, 9.17) is 32.7 Å². The molecule has 0 unspecified atom stereocenters. The van der Waals surface area contributed by atoms with Gasteiger partial charge in [0.25, 0.3) is 0 Å². The lowest BCUT2D eigenvalue weighted by Gasteiger charge is -2.29. The number of fused-ring (bicyclic) bond motifs is 1. The lowest BCUT2D eigenvalue weighted by molar-refractivity contribution is -0.147. The number of ketones is 2. The molecule has 2 N–H and O–H groups in total. The molecule has 3 atom stereocenters. The number of carboxylic acid groups (broad SMARTS) is 1. The molecule has 0 radical (unpaired) electrons. The topological polar surface area (TPSA) is 122 Å². The minimum absolute atomic E-state index is 0.0522. The van der Waals surface area contributed by atoms with Gasteiger partial charge < -0.3 is 24.8 Å². The Morgan fingerprint density at radius 2 is 1.54 bits per heavy atom. The van der Waals surface area contributed by atoms with Gasteiger partial charge in [-0.25, -0.2) is 0 Å². The number of rotatable bonds is 5. The van der Waals surface area contributed by atoms with Crippen LogP contribution in [0.4, 0.5) is 11.4 Å². The summed E-state index contributed by atoms with van der Waals surface area (Å²) in [5.74, 6) is -7.10. The number of morpholine rings is 1. The normalized spacial score (nSPS) is 23.1. The fourth-order valence-electron chi connectivity index (χ4n) is 5.93. The van der Waals surface area contributed by atoms with Crippen LogP contribution in [-0.4, -0.2) is 60.5 Å². The molecule has 1 spiro atoms. The van der Waals surface area contributed by atoms with E-state index >= 15 is 0 Å². The van der Waals surface area contributed by atoms with Crippen molar-refractivity contribution in [2.75, 3.05) is 36.5 Å². The highest BCUT2D eigenvalue weighted by Crippen LogP contribution is 2.54. The molecule has 0 saturated carbocycles. The standard InChI is InChI=1S/C30H24Cl2N2O7/c31-21-10-5-16(15-22(21)32)25-23(28(37)33-17-6-8-18(9-7-17)34-11-13-40-14-12-34)24(29(38)39)30(41-25)26(35)19-3-1-2-4-20(19)27(30)36/h1-10,15,23-25H,11-14H2,(H,33,37)(H,38,39)/t23-,24-,25-/m0/s1. The number of hydrogen-bond acceptors (Lipinski definition) is 7. The van der Waals surface area contributed by atoms with Crippen LogP contribution in [0.15, 0.2) is 66.7 Å². The molecule has 210 valence electrons. The van der Waals surface area contributed by atoms with E-state index in [0.29, 0.717) is 24.5 Å². The molecule has 2 fully saturated rings. The first-order chi connectivity index (χ1) is 19.7. The van der Waals surface area contributed by atoms with Gasteiger partial charge in [-0.2, -0.15) is 0 Å². The van der Waals surface area contributed by atoms with E-state index in [1.54, 1.807) is 24.3 Å². The average Bonchev–Trinajstić information content (AvgIpc) is 3.45. The van der Waals surface area contributed by atoms with E-state index in [1.807, 2.05) is 12.1 Å². The highest BCUT2D eigenvalue weighted by Gasteiger charge is 2.71. The first-order valence-electron chi connectivity index (χ1n) is 13.0. The van der Waals surface area contributed by atoms with Crippen molar-refractivity contribution in [3.63, 3.8) is 0 Å². The number of Topliss-reactive ketones (excluding diaryl/α,β-unsaturated/α-hetero) is 2. The van der Waals surface area contributed by atoms with Crippen molar-refractivity contribution in [2.24, 2.45) is 11.8 Å². The van der Waals surface area contributed by atoms with Crippen LogP contribution in [0.25, 0.3) is 0 Å². The lowest BCUT2D eigenvalue weighted by atomic mass is 9.75. The van der Waals surface area contributed by atoms with Crippen LogP contribution >= 0.6 is 23.2 Å². The second-order valence-corrected chi connectivity index (χ2v) is 10.9. The smallest absolute Gasteiger partial charge is 0.311 e. The fraction of sp³-hybridized carbons (Fsp3) is 0.267. The van der Waals surface area contributed by atoms with Crippen LogP contribution < -0.4 is 10.2 Å². The SMILES string of the molecule is O=C(Nc1ccc(N2CCOCC2)cc1)[C@H]1[C@@H](C(=O)O)C2(O[C@H]1c1ccc(Cl)c(Cl)c1)C(=O)c1ccccc1C2=O. The molecule has 3 aliphatic rings. The zero-order valence-corrected chi connectivity index (χ0v) is 23.0. The monoisotopic (exact) mass is 594 g/mol. The number of halogens is 2. The molecule has 41 heavy (non-hydrogen) atoms. The van der Waals surface area contributed by atoms with Crippen LogP contribution in [0.5, 0.6) is 0 Å². The molecule has 1 aliphatic carbocycles. The van der Waals surface area contributed by atoms with E-state index in [-0.39, 0.29) is 21.2 Å². The second kappa shape index (κ2) is 10.6. The summed E-state index contributed by atoms with van der Waals surface area (Å²) in [4.78, 5) is 56.4. The zero-order chi connectivity index (χ0) is 28.9. The molecule has 9 nitrogen and oxygen atoms in total. The Balaban J connectivity index is 1.39. The largest absolute Gasteiger partial charge is 0.481 e. The Labute approximate surface area is 244 Å². The minimum Gasteiger partial charge on any atom is -0.481 e. The maximum absolute atomic E-state index is 13.9. The Bertz CT molecular complexity index is 1530. The van der Waals surface area contributed by atoms with Crippen molar-refractivity contribution in [3.05, 3.63) is 93.5 Å². The first kappa shape index (κ1) is 27.4. The number of ether oxygens (including phenoxy) is 2. The Morgan fingerprint density at radius 1 is 0.902 bits per heavy atom. The Hall–Kier alpha value is -3.76. The van der Waals surface area contributed by atoms with Crippen LogP contribution in [0.1, 0.15) is 32.4 Å². The molecule has 2 aliphatic heterocycles. The number of carbonyl (C=O) groups excluding carboxylic acids is 3. The van der Waals surface area contributed by atoms with Crippen molar-refractivity contribution >= 4 is 58.0 Å². The third-order valence-electron chi connectivity index (χ3n) is 7.88. The molecule has 3 aromatic rings. The van der Waals surface area contributed by atoms with E-state index in [0.717, 1.165) is 18.8 Å². The molecule has 0 aromatic heterocycles. The van der Waals surface area contributed by atoms with Gasteiger partial charge in [0.2, 0.25) is 23.1 Å². The maximum atomic E-state index is 13.9. The van der Waals surface area contributed by atoms with E-state index in [2.05, 4.69) is 10.2 Å². The van der Waals surface area contributed by atoms with Gasteiger partial charge in [0, 0.05) is 35.6 Å². The van der Waals surface area contributed by atoms with Crippen LogP contribution in [0, 0.1) is 11.8 Å². The number of hydrogen-bond donors (Lipinski definition) is 2. The highest BCUT2D eigenvalue weighted by atomic mass is 35.5. The molecule has 0 bridgehead atoms. The van der Waals surface area contributed by atoms with Crippen LogP contribution in [-0.2, 0) is 19.1 Å². The number of carboxylic acids is 1. The summed E-state index contributed by atoms with van der Waals surface area (Å²) in [7, 11) is 0. The summed E-state index contributed by atoms with van der Waals surface area (Å²) in [6.07, 6.45) is -1.29. The molecule has 3 aromatic carbocycles. The number of aliphatic carboxylic acids is 1. The molecule has 1 amide bonds.